The SMILES string of the molecule is CC(CCl)CSCCc1ccc2c(c1)CCO2. The monoisotopic (exact) mass is 270 g/mol. The Hall–Kier alpha value is -0.340. The van der Waals surface area contributed by atoms with E-state index in [1.54, 1.807) is 0 Å². The van der Waals surface area contributed by atoms with Gasteiger partial charge in [-0.25, -0.2) is 0 Å². The zero-order chi connectivity index (χ0) is 12.1. The molecule has 0 amide bonds. The molecule has 0 saturated heterocycles. The van der Waals surface area contributed by atoms with Gasteiger partial charge in [0.1, 0.15) is 5.75 Å². The molecule has 0 fully saturated rings. The van der Waals surface area contributed by atoms with Gasteiger partial charge in [0.05, 0.1) is 6.61 Å². The maximum Gasteiger partial charge on any atom is 0.122 e. The van der Waals surface area contributed by atoms with Crippen molar-refractivity contribution >= 4 is 23.4 Å². The van der Waals surface area contributed by atoms with Gasteiger partial charge in [-0.3, -0.25) is 0 Å². The molecule has 1 aromatic rings. The molecule has 0 aliphatic carbocycles. The lowest BCUT2D eigenvalue weighted by Gasteiger charge is -2.07. The van der Waals surface area contributed by atoms with Gasteiger partial charge in [-0.2, -0.15) is 11.8 Å². The van der Waals surface area contributed by atoms with Gasteiger partial charge in [0.15, 0.2) is 0 Å². The van der Waals surface area contributed by atoms with Crippen LogP contribution in [0.25, 0.3) is 0 Å². The smallest absolute Gasteiger partial charge is 0.122 e. The van der Waals surface area contributed by atoms with Crippen molar-refractivity contribution in [1.29, 1.82) is 0 Å². The largest absolute Gasteiger partial charge is 0.493 e. The Balaban J connectivity index is 1.76. The maximum absolute atomic E-state index is 5.78. The molecule has 17 heavy (non-hydrogen) atoms. The van der Waals surface area contributed by atoms with Crippen molar-refractivity contribution in [3.8, 4) is 5.75 Å². The zero-order valence-electron chi connectivity index (χ0n) is 10.2. The average Bonchev–Trinajstić information content (AvgIpc) is 2.81. The third-order valence-electron chi connectivity index (χ3n) is 2.95. The molecule has 1 unspecified atom stereocenters. The number of aryl methyl sites for hydroxylation is 1. The van der Waals surface area contributed by atoms with Gasteiger partial charge in [-0.05, 0) is 41.0 Å². The molecule has 2 rings (SSSR count). The number of hydrogen-bond acceptors (Lipinski definition) is 2. The van der Waals surface area contributed by atoms with Crippen molar-refractivity contribution < 1.29 is 4.74 Å². The van der Waals surface area contributed by atoms with Gasteiger partial charge >= 0.3 is 0 Å². The van der Waals surface area contributed by atoms with E-state index in [9.17, 15) is 0 Å². The Bertz CT molecular complexity index is 367. The lowest BCUT2D eigenvalue weighted by Crippen LogP contribution is -2.01. The van der Waals surface area contributed by atoms with Crippen LogP contribution in [0.3, 0.4) is 0 Å². The van der Waals surface area contributed by atoms with Crippen LogP contribution in [0.5, 0.6) is 5.75 Å². The standard InChI is InChI=1S/C14H19ClOS/c1-11(9-15)10-17-7-5-12-2-3-14-13(8-12)4-6-16-14/h2-3,8,11H,4-7,9-10H2,1H3. The van der Waals surface area contributed by atoms with Crippen molar-refractivity contribution in [3.63, 3.8) is 0 Å². The van der Waals surface area contributed by atoms with Crippen LogP contribution in [0.2, 0.25) is 0 Å². The second-order valence-corrected chi connectivity index (χ2v) is 6.08. The van der Waals surface area contributed by atoms with Gasteiger partial charge in [0, 0.05) is 12.3 Å². The predicted octanol–water partition coefficient (Wildman–Crippen LogP) is 3.77. The average molecular weight is 271 g/mol. The molecule has 1 aromatic carbocycles. The highest BCUT2D eigenvalue weighted by molar-refractivity contribution is 7.99. The maximum atomic E-state index is 5.78. The minimum absolute atomic E-state index is 0.620. The first-order valence-corrected chi connectivity index (χ1v) is 7.87. The fraction of sp³-hybridized carbons (Fsp3) is 0.571. The third-order valence-corrected chi connectivity index (χ3v) is 4.78. The van der Waals surface area contributed by atoms with Crippen LogP contribution in [0.1, 0.15) is 18.1 Å². The summed E-state index contributed by atoms with van der Waals surface area (Å²) in [6.45, 7) is 3.05. The molecule has 0 N–H and O–H groups in total. The van der Waals surface area contributed by atoms with E-state index in [-0.39, 0.29) is 0 Å². The first-order chi connectivity index (χ1) is 8.29. The first kappa shape index (κ1) is 13.1. The number of benzene rings is 1. The van der Waals surface area contributed by atoms with Crippen LogP contribution >= 0.6 is 23.4 Å². The van der Waals surface area contributed by atoms with Crippen LogP contribution in [0.4, 0.5) is 0 Å². The molecule has 1 aliphatic heterocycles. The number of fused-ring (bicyclic) bond motifs is 1. The Morgan fingerprint density at radius 3 is 3.18 bits per heavy atom. The second kappa shape index (κ2) is 6.55. The van der Waals surface area contributed by atoms with Crippen molar-refractivity contribution in [2.75, 3.05) is 24.0 Å². The molecule has 94 valence electrons. The topological polar surface area (TPSA) is 9.23 Å². The minimum atomic E-state index is 0.620. The first-order valence-electron chi connectivity index (χ1n) is 6.18. The van der Waals surface area contributed by atoms with E-state index in [0.717, 1.165) is 36.8 Å². The summed E-state index contributed by atoms with van der Waals surface area (Å²) >= 11 is 7.78. The molecule has 1 nitrogen and oxygen atoms in total. The predicted molar refractivity (Wildman–Crippen MR) is 76.6 cm³/mol. The fourth-order valence-electron chi connectivity index (χ4n) is 1.91. The van der Waals surface area contributed by atoms with Gasteiger partial charge in [0.2, 0.25) is 0 Å². The molecule has 0 saturated carbocycles. The summed E-state index contributed by atoms with van der Waals surface area (Å²) < 4.78 is 5.51. The molecule has 1 atom stereocenters. The number of halogens is 1. The Kier molecular flexibility index (Phi) is 5.05. The molecular formula is C14H19ClOS. The second-order valence-electron chi connectivity index (χ2n) is 4.62. The lowest BCUT2D eigenvalue weighted by molar-refractivity contribution is 0.357. The number of ether oxygens (including phenoxy) is 1. The number of rotatable bonds is 6. The van der Waals surface area contributed by atoms with Gasteiger partial charge in [0.25, 0.3) is 0 Å². The molecule has 0 bridgehead atoms. The van der Waals surface area contributed by atoms with Crippen LogP contribution in [0.15, 0.2) is 18.2 Å². The molecular weight excluding hydrogens is 252 g/mol. The summed E-state index contributed by atoms with van der Waals surface area (Å²) in [5.74, 6) is 4.81. The van der Waals surface area contributed by atoms with E-state index >= 15 is 0 Å². The van der Waals surface area contributed by atoms with Gasteiger partial charge in [-0.1, -0.05) is 19.1 Å². The van der Waals surface area contributed by atoms with Crippen LogP contribution in [-0.4, -0.2) is 24.0 Å². The van der Waals surface area contributed by atoms with Crippen molar-refractivity contribution in [1.82, 2.24) is 0 Å². The van der Waals surface area contributed by atoms with Crippen LogP contribution in [0, 0.1) is 5.92 Å². The molecule has 0 radical (unpaired) electrons. The van der Waals surface area contributed by atoms with E-state index < -0.39 is 0 Å². The highest BCUT2D eigenvalue weighted by Gasteiger charge is 2.11. The summed E-state index contributed by atoms with van der Waals surface area (Å²) in [5.41, 5.74) is 2.81. The molecule has 0 spiro atoms. The number of alkyl halides is 1. The number of hydrogen-bond donors (Lipinski definition) is 0. The van der Waals surface area contributed by atoms with E-state index in [1.165, 1.54) is 16.9 Å². The summed E-state index contributed by atoms with van der Waals surface area (Å²) in [6.07, 6.45) is 2.21. The van der Waals surface area contributed by atoms with E-state index in [1.807, 2.05) is 11.8 Å². The van der Waals surface area contributed by atoms with E-state index in [4.69, 9.17) is 16.3 Å². The van der Waals surface area contributed by atoms with Gasteiger partial charge < -0.3 is 4.74 Å². The Morgan fingerprint density at radius 2 is 2.35 bits per heavy atom. The van der Waals surface area contributed by atoms with Crippen LogP contribution in [-0.2, 0) is 12.8 Å². The lowest BCUT2D eigenvalue weighted by atomic mass is 10.1. The zero-order valence-corrected chi connectivity index (χ0v) is 11.8. The molecule has 1 heterocycles. The molecule has 1 aliphatic rings. The summed E-state index contributed by atoms with van der Waals surface area (Å²) in [4.78, 5) is 0. The van der Waals surface area contributed by atoms with E-state index in [2.05, 4.69) is 25.1 Å². The third kappa shape index (κ3) is 3.82. The Morgan fingerprint density at radius 1 is 1.47 bits per heavy atom. The Labute approximate surface area is 113 Å². The van der Waals surface area contributed by atoms with Crippen molar-refractivity contribution in [2.24, 2.45) is 5.92 Å². The van der Waals surface area contributed by atoms with Crippen LogP contribution < -0.4 is 4.74 Å². The normalized spacial score (nSPS) is 15.4. The van der Waals surface area contributed by atoms with E-state index in [0.29, 0.717) is 5.92 Å². The number of thioether (sulfide) groups is 1. The summed E-state index contributed by atoms with van der Waals surface area (Å²) in [5, 5.41) is 0. The molecule has 3 heteroatoms. The van der Waals surface area contributed by atoms with Crippen molar-refractivity contribution in [2.45, 2.75) is 19.8 Å². The minimum Gasteiger partial charge on any atom is -0.493 e. The van der Waals surface area contributed by atoms with Crippen molar-refractivity contribution in [3.05, 3.63) is 29.3 Å². The van der Waals surface area contributed by atoms with Gasteiger partial charge in [-0.15, -0.1) is 11.6 Å². The highest BCUT2D eigenvalue weighted by Crippen LogP contribution is 2.26. The summed E-state index contributed by atoms with van der Waals surface area (Å²) in [7, 11) is 0. The fourth-order valence-corrected chi connectivity index (χ4v) is 3.22. The molecule has 0 aromatic heterocycles. The summed E-state index contributed by atoms with van der Waals surface area (Å²) in [6, 6.07) is 6.60. The quantitative estimate of drug-likeness (QED) is 0.575. The highest BCUT2D eigenvalue weighted by atomic mass is 35.5.